The number of benzene rings is 2. The van der Waals surface area contributed by atoms with Crippen molar-refractivity contribution in [3.05, 3.63) is 71.9 Å². The van der Waals surface area contributed by atoms with Gasteiger partial charge in [-0.1, -0.05) is 42.5 Å². The van der Waals surface area contributed by atoms with E-state index in [0.29, 0.717) is 0 Å². The molecule has 2 aromatic carbocycles. The molecule has 4 aromatic rings. The second kappa shape index (κ2) is 9.04. The van der Waals surface area contributed by atoms with E-state index in [1.54, 1.807) is 24.8 Å². The Bertz CT molecular complexity index is 1140. The first kappa shape index (κ1) is 20.0. The topological polar surface area (TPSA) is 50.3 Å². The van der Waals surface area contributed by atoms with E-state index >= 15 is 0 Å². The van der Waals surface area contributed by atoms with E-state index in [1.165, 1.54) is 31.5 Å². The van der Waals surface area contributed by atoms with Gasteiger partial charge in [0.25, 0.3) is 0 Å². The molecule has 0 saturated carbocycles. The van der Waals surface area contributed by atoms with Gasteiger partial charge >= 0.3 is 0 Å². The highest BCUT2D eigenvalue weighted by Crippen LogP contribution is 2.38. The molecule has 1 aliphatic heterocycles. The summed E-state index contributed by atoms with van der Waals surface area (Å²) in [5.41, 5.74) is 3.57. The van der Waals surface area contributed by atoms with E-state index in [9.17, 15) is 0 Å². The lowest BCUT2D eigenvalue weighted by Crippen LogP contribution is -2.29. The van der Waals surface area contributed by atoms with Crippen molar-refractivity contribution in [2.75, 3.05) is 32.1 Å². The fourth-order valence-corrected chi connectivity index (χ4v) is 5.19. The molecule has 1 fully saturated rings. The minimum atomic E-state index is 0.168. The number of methoxy groups -OCH3 is 1. The molecule has 0 radical (unpaired) electrons. The number of rotatable bonds is 7. The van der Waals surface area contributed by atoms with Gasteiger partial charge in [0.2, 0.25) is 0 Å². The monoisotopic (exact) mass is 430 g/mol. The molecule has 1 aliphatic rings. The van der Waals surface area contributed by atoms with E-state index in [0.717, 1.165) is 39.5 Å². The summed E-state index contributed by atoms with van der Waals surface area (Å²) in [5, 5.41) is 7.03. The summed E-state index contributed by atoms with van der Waals surface area (Å²) in [4.78, 5) is 12.8. The molecule has 5 nitrogen and oxygen atoms in total. The minimum absolute atomic E-state index is 0.168. The standard InChI is InChI=1S/C25H26N4OS/c1-30-20-11-9-18(10-12-20)21-16-31-25-23(21)24(26-17-27-25)28-22(15-29-13-5-6-14-29)19-7-3-2-4-8-19/h2-4,7-12,16-17,22H,5-6,13-15H2,1H3,(H,26,27,28). The summed E-state index contributed by atoms with van der Waals surface area (Å²) in [6.07, 6.45) is 4.23. The zero-order valence-corrected chi connectivity index (χ0v) is 18.4. The van der Waals surface area contributed by atoms with Crippen LogP contribution >= 0.6 is 11.3 Å². The Morgan fingerprint density at radius 3 is 2.55 bits per heavy atom. The Morgan fingerprint density at radius 1 is 1.03 bits per heavy atom. The number of hydrogen-bond acceptors (Lipinski definition) is 6. The fraction of sp³-hybridized carbons (Fsp3) is 0.280. The zero-order chi connectivity index (χ0) is 21.0. The number of thiophene rings is 1. The van der Waals surface area contributed by atoms with Crippen molar-refractivity contribution in [3.8, 4) is 16.9 Å². The number of fused-ring (bicyclic) bond motifs is 1. The number of anilines is 1. The van der Waals surface area contributed by atoms with Crippen LogP contribution < -0.4 is 10.1 Å². The summed E-state index contributed by atoms with van der Waals surface area (Å²) in [6.45, 7) is 3.30. The maximum atomic E-state index is 5.32. The van der Waals surface area contributed by atoms with Crippen LogP contribution in [-0.4, -0.2) is 41.6 Å². The highest BCUT2D eigenvalue weighted by Gasteiger charge is 2.21. The molecule has 1 unspecified atom stereocenters. The minimum Gasteiger partial charge on any atom is -0.497 e. The third-order valence-electron chi connectivity index (χ3n) is 5.92. The van der Waals surface area contributed by atoms with Gasteiger partial charge in [-0.3, -0.25) is 0 Å². The fourth-order valence-electron chi connectivity index (χ4n) is 4.28. The zero-order valence-electron chi connectivity index (χ0n) is 17.6. The average Bonchev–Trinajstić information content (AvgIpc) is 3.50. The third-order valence-corrected chi connectivity index (χ3v) is 6.81. The Morgan fingerprint density at radius 2 is 1.81 bits per heavy atom. The van der Waals surface area contributed by atoms with Crippen LogP contribution in [0.4, 0.5) is 5.82 Å². The molecular weight excluding hydrogens is 404 g/mol. The van der Waals surface area contributed by atoms with Crippen LogP contribution in [-0.2, 0) is 0 Å². The Hall–Kier alpha value is -2.96. The van der Waals surface area contributed by atoms with E-state index in [1.807, 2.05) is 12.1 Å². The summed E-state index contributed by atoms with van der Waals surface area (Å²) >= 11 is 1.66. The molecule has 2 aromatic heterocycles. The van der Waals surface area contributed by atoms with E-state index in [4.69, 9.17) is 4.74 Å². The molecular formula is C25H26N4OS. The van der Waals surface area contributed by atoms with Gasteiger partial charge in [-0.2, -0.15) is 0 Å². The van der Waals surface area contributed by atoms with Crippen molar-refractivity contribution in [2.45, 2.75) is 18.9 Å². The van der Waals surface area contributed by atoms with E-state index in [-0.39, 0.29) is 6.04 Å². The predicted octanol–water partition coefficient (Wildman–Crippen LogP) is 5.62. The lowest BCUT2D eigenvalue weighted by atomic mass is 10.0. The van der Waals surface area contributed by atoms with Gasteiger partial charge in [-0.25, -0.2) is 9.97 Å². The van der Waals surface area contributed by atoms with Crippen molar-refractivity contribution in [3.63, 3.8) is 0 Å². The SMILES string of the molecule is COc1ccc(-c2csc3ncnc(NC(CN4CCCC4)c4ccccc4)c23)cc1. The maximum Gasteiger partial charge on any atom is 0.139 e. The van der Waals surface area contributed by atoms with Crippen LogP contribution in [0.5, 0.6) is 5.75 Å². The van der Waals surface area contributed by atoms with Crippen molar-refractivity contribution in [1.29, 1.82) is 0 Å². The Kier molecular flexibility index (Phi) is 5.82. The van der Waals surface area contributed by atoms with Crippen LogP contribution in [0.15, 0.2) is 66.3 Å². The molecule has 5 rings (SSSR count). The van der Waals surface area contributed by atoms with Crippen LogP contribution in [0.1, 0.15) is 24.4 Å². The molecule has 158 valence electrons. The summed E-state index contributed by atoms with van der Waals surface area (Å²) in [7, 11) is 1.69. The Balaban J connectivity index is 1.52. The lowest BCUT2D eigenvalue weighted by Gasteiger charge is -2.25. The first-order chi connectivity index (χ1) is 15.3. The smallest absolute Gasteiger partial charge is 0.139 e. The second-order valence-corrected chi connectivity index (χ2v) is 8.75. The van der Waals surface area contributed by atoms with Gasteiger partial charge in [0.05, 0.1) is 18.5 Å². The van der Waals surface area contributed by atoms with Crippen molar-refractivity contribution < 1.29 is 4.74 Å². The number of nitrogens with one attached hydrogen (secondary N) is 1. The van der Waals surface area contributed by atoms with Crippen LogP contribution in [0.25, 0.3) is 21.3 Å². The van der Waals surface area contributed by atoms with Gasteiger partial charge in [-0.05, 0) is 49.2 Å². The third kappa shape index (κ3) is 4.27. The molecule has 6 heteroatoms. The number of aromatic nitrogens is 2. The van der Waals surface area contributed by atoms with Gasteiger partial charge in [-0.15, -0.1) is 11.3 Å². The van der Waals surface area contributed by atoms with E-state index in [2.05, 4.69) is 68.0 Å². The highest BCUT2D eigenvalue weighted by molar-refractivity contribution is 7.17. The average molecular weight is 431 g/mol. The highest BCUT2D eigenvalue weighted by atomic mass is 32.1. The number of hydrogen-bond donors (Lipinski definition) is 1. The van der Waals surface area contributed by atoms with Crippen molar-refractivity contribution in [2.24, 2.45) is 0 Å². The number of ether oxygens (including phenoxy) is 1. The first-order valence-electron chi connectivity index (χ1n) is 10.7. The largest absolute Gasteiger partial charge is 0.497 e. The normalized spacial score (nSPS) is 15.3. The van der Waals surface area contributed by atoms with Crippen molar-refractivity contribution in [1.82, 2.24) is 14.9 Å². The molecule has 0 aliphatic carbocycles. The summed E-state index contributed by atoms with van der Waals surface area (Å²) in [6, 6.07) is 19.0. The maximum absolute atomic E-state index is 5.32. The second-order valence-electron chi connectivity index (χ2n) is 7.90. The summed E-state index contributed by atoms with van der Waals surface area (Å²) < 4.78 is 5.32. The molecule has 1 atom stereocenters. The lowest BCUT2D eigenvalue weighted by molar-refractivity contribution is 0.323. The Labute approximate surface area is 186 Å². The van der Waals surface area contributed by atoms with Crippen LogP contribution in [0.2, 0.25) is 0 Å². The van der Waals surface area contributed by atoms with E-state index < -0.39 is 0 Å². The predicted molar refractivity (Wildman–Crippen MR) is 128 cm³/mol. The summed E-state index contributed by atoms with van der Waals surface area (Å²) in [5.74, 6) is 1.75. The number of nitrogens with zero attached hydrogens (tertiary/aromatic N) is 3. The van der Waals surface area contributed by atoms with Gasteiger partial charge < -0.3 is 15.0 Å². The first-order valence-corrected chi connectivity index (χ1v) is 11.6. The molecule has 1 saturated heterocycles. The van der Waals surface area contributed by atoms with Crippen LogP contribution in [0.3, 0.4) is 0 Å². The number of likely N-dealkylation sites (tertiary alicyclic amines) is 1. The van der Waals surface area contributed by atoms with Gasteiger partial charge in [0.1, 0.15) is 22.7 Å². The molecule has 1 N–H and O–H groups in total. The van der Waals surface area contributed by atoms with Gasteiger partial charge in [0.15, 0.2) is 0 Å². The van der Waals surface area contributed by atoms with Crippen molar-refractivity contribution >= 4 is 27.4 Å². The molecule has 0 amide bonds. The quantitative estimate of drug-likeness (QED) is 0.413. The molecule has 31 heavy (non-hydrogen) atoms. The van der Waals surface area contributed by atoms with Crippen LogP contribution in [0, 0.1) is 0 Å². The van der Waals surface area contributed by atoms with Gasteiger partial charge in [0, 0.05) is 17.5 Å². The molecule has 3 heterocycles. The molecule has 0 bridgehead atoms. The molecule has 0 spiro atoms.